The van der Waals surface area contributed by atoms with Crippen LogP contribution in [0.25, 0.3) is 22.2 Å². The monoisotopic (exact) mass is 343 g/mol. The summed E-state index contributed by atoms with van der Waals surface area (Å²) in [5, 5.41) is 8.04. The number of hydrogen-bond donors (Lipinski definition) is 1. The predicted octanol–water partition coefficient (Wildman–Crippen LogP) is 4.76. The van der Waals surface area contributed by atoms with Gasteiger partial charge in [0.1, 0.15) is 17.0 Å². The molecule has 2 aromatic heterocycles. The summed E-state index contributed by atoms with van der Waals surface area (Å²) < 4.78 is 5.32. The third-order valence-electron chi connectivity index (χ3n) is 4.37. The van der Waals surface area contributed by atoms with E-state index in [2.05, 4.69) is 15.5 Å². The standard InChI is InChI=1S/C21H17N3O2/c1-13-7-3-4-10-16(13)20-18(14(2)26-24-20)21(25)23-17-11-5-8-15-9-6-12-22-19(15)17/h3-12H,1-2H3,(H,23,25). The molecule has 0 spiro atoms. The third kappa shape index (κ3) is 2.73. The molecule has 0 radical (unpaired) electrons. The minimum absolute atomic E-state index is 0.264. The van der Waals surface area contributed by atoms with E-state index in [1.165, 1.54) is 0 Å². The molecule has 0 aliphatic heterocycles. The highest BCUT2D eigenvalue weighted by Gasteiger charge is 2.23. The predicted molar refractivity (Wildman–Crippen MR) is 101 cm³/mol. The molecule has 0 bridgehead atoms. The van der Waals surface area contributed by atoms with Crippen LogP contribution in [0.3, 0.4) is 0 Å². The van der Waals surface area contributed by atoms with E-state index in [0.717, 1.165) is 22.0 Å². The topological polar surface area (TPSA) is 68.0 Å². The maximum Gasteiger partial charge on any atom is 0.261 e. The Morgan fingerprint density at radius 3 is 2.65 bits per heavy atom. The lowest BCUT2D eigenvalue weighted by Gasteiger charge is -2.09. The smallest absolute Gasteiger partial charge is 0.261 e. The molecular weight excluding hydrogens is 326 g/mol. The van der Waals surface area contributed by atoms with E-state index in [1.54, 1.807) is 13.1 Å². The van der Waals surface area contributed by atoms with Gasteiger partial charge in [0.25, 0.3) is 5.91 Å². The Bertz CT molecular complexity index is 1110. The van der Waals surface area contributed by atoms with Crippen LogP contribution in [-0.4, -0.2) is 16.0 Å². The summed E-state index contributed by atoms with van der Waals surface area (Å²) in [6, 6.07) is 17.3. The first-order chi connectivity index (χ1) is 12.6. The quantitative estimate of drug-likeness (QED) is 0.582. The van der Waals surface area contributed by atoms with E-state index in [1.807, 2.05) is 61.5 Å². The van der Waals surface area contributed by atoms with Crippen molar-refractivity contribution in [1.82, 2.24) is 10.1 Å². The van der Waals surface area contributed by atoms with Crippen molar-refractivity contribution in [2.75, 3.05) is 5.32 Å². The van der Waals surface area contributed by atoms with Crippen LogP contribution in [0.1, 0.15) is 21.7 Å². The minimum atomic E-state index is -0.264. The number of carbonyl (C=O) groups excluding carboxylic acids is 1. The number of fused-ring (bicyclic) bond motifs is 1. The van der Waals surface area contributed by atoms with E-state index in [4.69, 9.17) is 4.52 Å². The highest BCUT2D eigenvalue weighted by atomic mass is 16.5. The van der Waals surface area contributed by atoms with Crippen LogP contribution < -0.4 is 5.32 Å². The molecule has 5 heteroatoms. The average molecular weight is 343 g/mol. The van der Waals surface area contributed by atoms with Gasteiger partial charge >= 0.3 is 0 Å². The number of aryl methyl sites for hydroxylation is 2. The van der Waals surface area contributed by atoms with Gasteiger partial charge in [-0.15, -0.1) is 0 Å². The molecule has 4 rings (SSSR count). The second-order valence-corrected chi connectivity index (χ2v) is 6.11. The lowest BCUT2D eigenvalue weighted by Crippen LogP contribution is -2.14. The lowest BCUT2D eigenvalue weighted by molar-refractivity contribution is 0.102. The van der Waals surface area contributed by atoms with Crippen molar-refractivity contribution in [3.63, 3.8) is 0 Å². The average Bonchev–Trinajstić information content (AvgIpc) is 3.04. The highest BCUT2D eigenvalue weighted by Crippen LogP contribution is 2.29. The summed E-state index contributed by atoms with van der Waals surface area (Å²) in [5.74, 6) is 0.217. The largest absolute Gasteiger partial charge is 0.360 e. The van der Waals surface area contributed by atoms with Gasteiger partial charge in [0.2, 0.25) is 0 Å². The Morgan fingerprint density at radius 1 is 1.00 bits per heavy atom. The van der Waals surface area contributed by atoms with E-state index >= 15 is 0 Å². The molecule has 2 heterocycles. The van der Waals surface area contributed by atoms with Gasteiger partial charge in [-0.3, -0.25) is 9.78 Å². The Morgan fingerprint density at radius 2 is 1.81 bits per heavy atom. The van der Waals surface area contributed by atoms with Crippen molar-refractivity contribution < 1.29 is 9.32 Å². The summed E-state index contributed by atoms with van der Waals surface area (Å²) in [7, 11) is 0. The number of amides is 1. The number of aromatic nitrogens is 2. The van der Waals surface area contributed by atoms with Crippen LogP contribution in [0.4, 0.5) is 5.69 Å². The van der Waals surface area contributed by atoms with Gasteiger partial charge in [-0.05, 0) is 31.5 Å². The molecule has 26 heavy (non-hydrogen) atoms. The Labute approximate surface area is 150 Å². The van der Waals surface area contributed by atoms with Crippen LogP contribution in [0.2, 0.25) is 0 Å². The fraction of sp³-hybridized carbons (Fsp3) is 0.0952. The number of nitrogens with zero attached hydrogens (tertiary/aromatic N) is 2. The molecule has 0 aliphatic carbocycles. The van der Waals surface area contributed by atoms with Crippen molar-refractivity contribution in [3.8, 4) is 11.3 Å². The zero-order chi connectivity index (χ0) is 18.1. The van der Waals surface area contributed by atoms with Gasteiger partial charge in [0.05, 0.1) is 11.2 Å². The molecular formula is C21H17N3O2. The molecule has 2 aromatic carbocycles. The van der Waals surface area contributed by atoms with Crippen molar-refractivity contribution in [3.05, 3.63) is 77.7 Å². The van der Waals surface area contributed by atoms with Crippen LogP contribution in [0.15, 0.2) is 65.3 Å². The molecule has 4 aromatic rings. The number of hydrogen-bond acceptors (Lipinski definition) is 4. The number of anilines is 1. The van der Waals surface area contributed by atoms with Crippen molar-refractivity contribution in [2.24, 2.45) is 0 Å². The Balaban J connectivity index is 1.76. The van der Waals surface area contributed by atoms with E-state index in [0.29, 0.717) is 22.7 Å². The second kappa shape index (κ2) is 6.44. The van der Waals surface area contributed by atoms with Crippen molar-refractivity contribution >= 4 is 22.5 Å². The van der Waals surface area contributed by atoms with Gasteiger partial charge in [-0.2, -0.15) is 0 Å². The fourth-order valence-electron chi connectivity index (χ4n) is 3.05. The maximum atomic E-state index is 13.0. The number of benzene rings is 2. The van der Waals surface area contributed by atoms with Crippen molar-refractivity contribution in [1.29, 1.82) is 0 Å². The molecule has 1 N–H and O–H groups in total. The minimum Gasteiger partial charge on any atom is -0.360 e. The first-order valence-corrected chi connectivity index (χ1v) is 8.32. The molecule has 0 saturated carbocycles. The Kier molecular flexibility index (Phi) is 3.97. The first-order valence-electron chi connectivity index (χ1n) is 8.32. The number of pyridine rings is 1. The Hall–Kier alpha value is -3.47. The molecule has 5 nitrogen and oxygen atoms in total. The maximum absolute atomic E-state index is 13.0. The third-order valence-corrected chi connectivity index (χ3v) is 4.37. The molecule has 0 saturated heterocycles. The lowest BCUT2D eigenvalue weighted by atomic mass is 10.0. The van der Waals surface area contributed by atoms with Gasteiger partial charge < -0.3 is 9.84 Å². The summed E-state index contributed by atoms with van der Waals surface area (Å²) in [4.78, 5) is 17.4. The van der Waals surface area contributed by atoms with Gasteiger partial charge in [0.15, 0.2) is 0 Å². The van der Waals surface area contributed by atoms with Crippen LogP contribution in [0, 0.1) is 13.8 Å². The zero-order valence-corrected chi connectivity index (χ0v) is 14.5. The molecule has 0 aliphatic rings. The summed E-state index contributed by atoms with van der Waals surface area (Å²) in [6.45, 7) is 3.72. The normalized spacial score (nSPS) is 10.8. The van der Waals surface area contributed by atoms with Gasteiger partial charge in [0, 0.05) is 17.1 Å². The van der Waals surface area contributed by atoms with Crippen LogP contribution in [0.5, 0.6) is 0 Å². The first kappa shape index (κ1) is 16.0. The molecule has 0 fully saturated rings. The van der Waals surface area contributed by atoms with Crippen LogP contribution >= 0.6 is 0 Å². The number of para-hydroxylation sites is 1. The zero-order valence-electron chi connectivity index (χ0n) is 14.5. The van der Waals surface area contributed by atoms with Gasteiger partial charge in [-0.25, -0.2) is 0 Å². The molecule has 128 valence electrons. The summed E-state index contributed by atoms with van der Waals surface area (Å²) in [6.07, 6.45) is 1.71. The molecule has 1 amide bonds. The summed E-state index contributed by atoms with van der Waals surface area (Å²) in [5.41, 5.74) is 4.30. The number of nitrogens with one attached hydrogen (secondary N) is 1. The summed E-state index contributed by atoms with van der Waals surface area (Å²) >= 11 is 0. The second-order valence-electron chi connectivity index (χ2n) is 6.11. The number of carbonyl (C=O) groups is 1. The van der Waals surface area contributed by atoms with E-state index in [9.17, 15) is 4.79 Å². The fourth-order valence-corrected chi connectivity index (χ4v) is 3.05. The van der Waals surface area contributed by atoms with Crippen LogP contribution in [-0.2, 0) is 0 Å². The number of rotatable bonds is 3. The van der Waals surface area contributed by atoms with Gasteiger partial charge in [-0.1, -0.05) is 47.6 Å². The SMILES string of the molecule is Cc1ccccc1-c1noc(C)c1C(=O)Nc1cccc2cccnc12. The molecule has 0 atom stereocenters. The highest BCUT2D eigenvalue weighted by molar-refractivity contribution is 6.11. The van der Waals surface area contributed by atoms with E-state index in [-0.39, 0.29) is 5.91 Å². The van der Waals surface area contributed by atoms with Crippen molar-refractivity contribution in [2.45, 2.75) is 13.8 Å². The molecule has 0 unspecified atom stereocenters. The van der Waals surface area contributed by atoms with E-state index < -0.39 is 0 Å².